The molecule has 2 aromatic rings. The number of hydrogen-bond donors (Lipinski definition) is 1. The molecule has 0 atom stereocenters. The van der Waals surface area contributed by atoms with Crippen LogP contribution in [0.2, 0.25) is 0 Å². The molecule has 4 nitrogen and oxygen atoms in total. The van der Waals surface area contributed by atoms with Gasteiger partial charge in [-0.3, -0.25) is 4.98 Å². The number of rotatable bonds is 4. The Hall–Kier alpha value is -1.46. The van der Waals surface area contributed by atoms with E-state index in [4.69, 9.17) is 9.84 Å². The normalized spacial score (nSPS) is 10.2. The molecule has 0 spiro atoms. The standard InChI is InChI=1S/C10H10N2O2S/c13-6-8-1-2-9(5-12-8)14-7-10-11-3-4-15-10/h1-5,13H,6-7H2. The number of aromatic nitrogens is 2. The third kappa shape index (κ3) is 2.74. The van der Waals surface area contributed by atoms with Crippen LogP contribution in [-0.2, 0) is 13.2 Å². The molecule has 0 aliphatic heterocycles. The number of ether oxygens (including phenoxy) is 1. The quantitative estimate of drug-likeness (QED) is 0.853. The highest BCUT2D eigenvalue weighted by Gasteiger charge is 1.98. The molecule has 0 aliphatic rings. The van der Waals surface area contributed by atoms with Crippen LogP contribution in [0.25, 0.3) is 0 Å². The van der Waals surface area contributed by atoms with Gasteiger partial charge < -0.3 is 9.84 Å². The fourth-order valence-corrected chi connectivity index (χ4v) is 1.59. The zero-order valence-corrected chi connectivity index (χ0v) is 8.78. The van der Waals surface area contributed by atoms with E-state index in [1.54, 1.807) is 35.9 Å². The second-order valence-electron chi connectivity index (χ2n) is 2.86. The minimum Gasteiger partial charge on any atom is -0.485 e. The van der Waals surface area contributed by atoms with Crippen LogP contribution in [0, 0.1) is 0 Å². The van der Waals surface area contributed by atoms with Gasteiger partial charge in [0.05, 0.1) is 18.5 Å². The van der Waals surface area contributed by atoms with Crippen molar-refractivity contribution in [2.45, 2.75) is 13.2 Å². The van der Waals surface area contributed by atoms with E-state index in [0.717, 1.165) is 5.01 Å². The molecule has 1 N–H and O–H groups in total. The Morgan fingerprint density at radius 1 is 1.33 bits per heavy atom. The summed E-state index contributed by atoms with van der Waals surface area (Å²) in [5.74, 6) is 0.683. The molecule has 0 saturated heterocycles. The maximum Gasteiger partial charge on any atom is 0.140 e. The highest BCUT2D eigenvalue weighted by Crippen LogP contribution is 2.12. The molecule has 0 fully saturated rings. The SMILES string of the molecule is OCc1ccc(OCc2nccs2)cn1. The largest absolute Gasteiger partial charge is 0.485 e. The maximum atomic E-state index is 8.80. The lowest BCUT2D eigenvalue weighted by Gasteiger charge is -2.03. The van der Waals surface area contributed by atoms with Crippen LogP contribution in [-0.4, -0.2) is 15.1 Å². The number of pyridine rings is 1. The first-order valence-electron chi connectivity index (χ1n) is 4.45. The van der Waals surface area contributed by atoms with E-state index in [0.29, 0.717) is 18.1 Å². The summed E-state index contributed by atoms with van der Waals surface area (Å²) in [6, 6.07) is 3.52. The van der Waals surface area contributed by atoms with E-state index < -0.39 is 0 Å². The predicted molar refractivity (Wildman–Crippen MR) is 56.6 cm³/mol. The van der Waals surface area contributed by atoms with E-state index >= 15 is 0 Å². The summed E-state index contributed by atoms with van der Waals surface area (Å²) >= 11 is 1.55. The van der Waals surface area contributed by atoms with Crippen molar-refractivity contribution in [3.05, 3.63) is 40.6 Å². The summed E-state index contributed by atoms with van der Waals surface area (Å²) in [6.45, 7) is 0.407. The van der Waals surface area contributed by atoms with Crippen molar-refractivity contribution in [2.24, 2.45) is 0 Å². The van der Waals surface area contributed by atoms with E-state index in [1.807, 2.05) is 5.38 Å². The van der Waals surface area contributed by atoms with E-state index in [-0.39, 0.29) is 6.61 Å². The van der Waals surface area contributed by atoms with Crippen molar-refractivity contribution in [2.75, 3.05) is 0 Å². The number of aliphatic hydroxyl groups excluding tert-OH is 1. The Kier molecular flexibility index (Phi) is 3.26. The van der Waals surface area contributed by atoms with Gasteiger partial charge in [0.15, 0.2) is 0 Å². The lowest BCUT2D eigenvalue weighted by atomic mass is 10.3. The molecule has 0 aliphatic carbocycles. The zero-order valence-electron chi connectivity index (χ0n) is 7.96. The minimum atomic E-state index is -0.0488. The van der Waals surface area contributed by atoms with Gasteiger partial charge >= 0.3 is 0 Å². The molecule has 78 valence electrons. The van der Waals surface area contributed by atoms with Gasteiger partial charge in [-0.1, -0.05) is 0 Å². The molecule has 15 heavy (non-hydrogen) atoms. The van der Waals surface area contributed by atoms with E-state index in [2.05, 4.69) is 9.97 Å². The fraction of sp³-hybridized carbons (Fsp3) is 0.200. The molecule has 0 unspecified atom stereocenters. The van der Waals surface area contributed by atoms with Gasteiger partial charge in [-0.05, 0) is 12.1 Å². The molecule has 0 bridgehead atoms. The van der Waals surface area contributed by atoms with Gasteiger partial charge in [0.2, 0.25) is 0 Å². The Labute approximate surface area is 91.2 Å². The number of aliphatic hydroxyl groups is 1. The topological polar surface area (TPSA) is 55.2 Å². The van der Waals surface area contributed by atoms with Crippen molar-refractivity contribution in [3.63, 3.8) is 0 Å². The smallest absolute Gasteiger partial charge is 0.140 e. The van der Waals surface area contributed by atoms with Crippen LogP contribution in [0.15, 0.2) is 29.9 Å². The maximum absolute atomic E-state index is 8.80. The second-order valence-corrected chi connectivity index (χ2v) is 3.84. The molecular weight excluding hydrogens is 212 g/mol. The predicted octanol–water partition coefficient (Wildman–Crippen LogP) is 1.61. The van der Waals surface area contributed by atoms with Crippen molar-refractivity contribution in [1.29, 1.82) is 0 Å². The molecule has 0 radical (unpaired) electrons. The van der Waals surface area contributed by atoms with Crippen LogP contribution in [0.3, 0.4) is 0 Å². The molecule has 0 aromatic carbocycles. The first-order chi connectivity index (χ1) is 7.38. The first-order valence-corrected chi connectivity index (χ1v) is 5.33. The zero-order chi connectivity index (χ0) is 10.5. The molecule has 2 rings (SSSR count). The fourth-order valence-electron chi connectivity index (χ4n) is 1.06. The highest BCUT2D eigenvalue weighted by molar-refractivity contribution is 7.09. The average molecular weight is 222 g/mol. The number of hydrogen-bond acceptors (Lipinski definition) is 5. The van der Waals surface area contributed by atoms with E-state index in [9.17, 15) is 0 Å². The van der Waals surface area contributed by atoms with Crippen LogP contribution in [0.1, 0.15) is 10.7 Å². The number of thiazole rings is 1. The third-order valence-electron chi connectivity index (χ3n) is 1.81. The van der Waals surface area contributed by atoms with Gasteiger partial charge in [0, 0.05) is 11.6 Å². The molecule has 2 heterocycles. The summed E-state index contributed by atoms with van der Waals surface area (Å²) in [5, 5.41) is 11.6. The van der Waals surface area contributed by atoms with Gasteiger partial charge in [0.1, 0.15) is 17.4 Å². The summed E-state index contributed by atoms with van der Waals surface area (Å²) in [7, 11) is 0. The Morgan fingerprint density at radius 2 is 2.27 bits per heavy atom. The van der Waals surface area contributed by atoms with Crippen LogP contribution in [0.4, 0.5) is 0 Å². The molecule has 0 amide bonds. The lowest BCUT2D eigenvalue weighted by Crippen LogP contribution is -1.96. The van der Waals surface area contributed by atoms with Gasteiger partial charge in [-0.2, -0.15) is 0 Å². The Bertz CT molecular complexity index is 400. The van der Waals surface area contributed by atoms with Crippen molar-refractivity contribution >= 4 is 11.3 Å². The van der Waals surface area contributed by atoms with Crippen molar-refractivity contribution < 1.29 is 9.84 Å². The van der Waals surface area contributed by atoms with Crippen LogP contribution < -0.4 is 4.74 Å². The average Bonchev–Trinajstić information content (AvgIpc) is 2.80. The molecule has 2 aromatic heterocycles. The Morgan fingerprint density at radius 3 is 2.87 bits per heavy atom. The second kappa shape index (κ2) is 4.86. The summed E-state index contributed by atoms with van der Waals surface area (Å²) < 4.78 is 5.45. The van der Waals surface area contributed by atoms with Gasteiger partial charge in [0.25, 0.3) is 0 Å². The summed E-state index contributed by atoms with van der Waals surface area (Å²) in [6.07, 6.45) is 3.34. The van der Waals surface area contributed by atoms with Gasteiger partial charge in [-0.25, -0.2) is 4.98 Å². The van der Waals surface area contributed by atoms with Crippen molar-refractivity contribution in [1.82, 2.24) is 9.97 Å². The lowest BCUT2D eigenvalue weighted by molar-refractivity contribution is 0.275. The van der Waals surface area contributed by atoms with Crippen molar-refractivity contribution in [3.8, 4) is 5.75 Å². The van der Waals surface area contributed by atoms with Crippen LogP contribution in [0.5, 0.6) is 5.75 Å². The number of nitrogens with zero attached hydrogens (tertiary/aromatic N) is 2. The summed E-state index contributed by atoms with van der Waals surface area (Å²) in [4.78, 5) is 8.10. The molecule has 5 heteroatoms. The highest BCUT2D eigenvalue weighted by atomic mass is 32.1. The monoisotopic (exact) mass is 222 g/mol. The van der Waals surface area contributed by atoms with Crippen LogP contribution >= 0.6 is 11.3 Å². The Balaban J connectivity index is 1.93. The minimum absolute atomic E-state index is 0.0488. The third-order valence-corrected chi connectivity index (χ3v) is 2.56. The van der Waals surface area contributed by atoms with Gasteiger partial charge in [-0.15, -0.1) is 11.3 Å². The summed E-state index contributed by atoms with van der Waals surface area (Å²) in [5.41, 5.74) is 0.636. The van der Waals surface area contributed by atoms with E-state index in [1.165, 1.54) is 0 Å². The first kappa shape index (κ1) is 10.1. The molecule has 0 saturated carbocycles. The molecular formula is C10H10N2O2S.